The third kappa shape index (κ3) is 14.0. The Morgan fingerprint density at radius 1 is 1.08 bits per heavy atom. The molecule has 0 saturated carbocycles. The summed E-state index contributed by atoms with van der Waals surface area (Å²) in [6, 6.07) is 0. The summed E-state index contributed by atoms with van der Waals surface area (Å²) in [4.78, 5) is 85.9. The van der Waals surface area contributed by atoms with Crippen LogP contribution in [0.2, 0.25) is 0 Å². The molecule has 3 rings (SSSR count). The second-order valence-electron chi connectivity index (χ2n) is 11.4. The maximum Gasteiger partial charge on any atom is 0.481 e. The van der Waals surface area contributed by atoms with Gasteiger partial charge in [0.25, 0.3) is 0 Å². The van der Waals surface area contributed by atoms with E-state index in [0.717, 1.165) is 29.0 Å². The quantitative estimate of drug-likeness (QED) is 0.0433. The van der Waals surface area contributed by atoms with E-state index in [2.05, 4.69) is 34.4 Å². The topological polar surface area (TPSA) is 364 Å². The molecule has 24 nitrogen and oxygen atoms in total. The van der Waals surface area contributed by atoms with Gasteiger partial charge in [-0.25, -0.2) is 28.6 Å². The second kappa shape index (κ2) is 19.4. The van der Waals surface area contributed by atoms with E-state index in [1.807, 2.05) is 0 Å². The molecule has 0 bridgehead atoms. The number of aliphatic hydroxyl groups excluding tert-OH is 2. The molecule has 29 heteroatoms. The number of carbonyl (C=O) groups is 3. The van der Waals surface area contributed by atoms with Gasteiger partial charge in [-0.05, 0) is 0 Å². The third-order valence-corrected chi connectivity index (χ3v) is 10.7. The predicted molar refractivity (Wildman–Crippen MR) is 179 cm³/mol. The molecule has 10 N–H and O–H groups in total. The smallest absolute Gasteiger partial charge is 0.386 e. The molecule has 2 aromatic heterocycles. The number of imidazole rings is 1. The first-order chi connectivity index (χ1) is 23.5. The van der Waals surface area contributed by atoms with Gasteiger partial charge in [0.05, 0.1) is 19.5 Å². The van der Waals surface area contributed by atoms with Gasteiger partial charge in [-0.2, -0.15) is 4.31 Å². The zero-order valence-electron chi connectivity index (χ0n) is 28.1. The van der Waals surface area contributed by atoms with Gasteiger partial charge < -0.3 is 50.9 Å². The minimum atomic E-state index is -5.56. The molecular weight excluding hydrogens is 794 g/mol. The number of thioether (sulfide) groups is 1. The van der Waals surface area contributed by atoms with Crippen molar-refractivity contribution in [2.45, 2.75) is 57.8 Å². The van der Waals surface area contributed by atoms with Crippen LogP contribution in [-0.2, 0) is 50.7 Å². The fourth-order valence-electron chi connectivity index (χ4n) is 4.32. The van der Waals surface area contributed by atoms with Crippen molar-refractivity contribution in [3.63, 3.8) is 0 Å². The Morgan fingerprint density at radius 3 is 2.37 bits per heavy atom. The summed E-state index contributed by atoms with van der Waals surface area (Å²) < 4.78 is 61.8. The molecule has 1 aliphatic rings. The molecule has 1 fully saturated rings. The summed E-state index contributed by atoms with van der Waals surface area (Å²) in [7, 11) is -16.4. The van der Waals surface area contributed by atoms with Gasteiger partial charge in [-0.3, -0.25) is 32.5 Å². The number of nitrogens with two attached hydrogens (primary N) is 1. The molecule has 3 heterocycles. The first-order valence-electron chi connectivity index (χ1n) is 14.5. The van der Waals surface area contributed by atoms with Crippen molar-refractivity contribution in [3.8, 4) is 0 Å². The zero-order chi connectivity index (χ0) is 38.4. The SMILES string of the molecule is CC(=O)SCCNC(=O)CCNC(=O)C(O)C(C)(C)COP(=O)(O)OP(=O)(O)OCC1OC(n2cnc3c(N)ncnc32)C(O)C1OP(=O)(O)O.[Na]. The standard InChI is InChI=1S/C23H38N7O17P3S.Na/c1-12(31)51-7-6-25-14(32)4-5-26-21(35)18(34)23(2,3)9-44-50(41,42)47-49(39,40)43-8-13-17(46-48(36,37)38)16(33)22(45-13)30-11-29-15-19(24)27-10-28-20(15)30;/h10-11,13,16-18,22,33-34H,4-9H2,1-3H3,(H,25,32)(H,26,35)(H,39,40)(H,41,42)(H2,24,27,28)(H2,36,37,38);. The normalized spacial score (nSPS) is 22.2. The number of carbonyl (C=O) groups excluding carboxylic acids is 3. The van der Waals surface area contributed by atoms with Crippen molar-refractivity contribution >= 4 is 98.7 Å². The molecule has 2 aromatic rings. The number of aromatic nitrogens is 4. The van der Waals surface area contributed by atoms with Crippen molar-refractivity contribution in [2.24, 2.45) is 5.41 Å². The van der Waals surface area contributed by atoms with E-state index in [9.17, 15) is 57.9 Å². The fourth-order valence-corrected chi connectivity index (χ4v) is 7.65. The monoisotopic (exact) mass is 832 g/mol. The minimum Gasteiger partial charge on any atom is -0.386 e. The average molecular weight is 833 g/mol. The minimum absolute atomic E-state index is 0. The van der Waals surface area contributed by atoms with Gasteiger partial charge >= 0.3 is 23.5 Å². The molecular formula is C23H38N7NaO17P3S. The first kappa shape index (κ1) is 46.7. The number of nitrogen functional groups attached to an aromatic ring is 1. The molecule has 1 radical (unpaired) electrons. The third-order valence-electron chi connectivity index (χ3n) is 6.81. The number of rotatable bonds is 19. The Labute approximate surface area is 321 Å². The first-order valence-corrected chi connectivity index (χ1v) is 20.0. The zero-order valence-corrected chi connectivity index (χ0v) is 33.6. The van der Waals surface area contributed by atoms with Gasteiger partial charge in [-0.1, -0.05) is 25.6 Å². The summed E-state index contributed by atoms with van der Waals surface area (Å²) >= 11 is 1.03. The summed E-state index contributed by atoms with van der Waals surface area (Å²) in [6.07, 6.45) is -6.88. The Kier molecular flexibility index (Phi) is 17.5. The molecule has 2 amide bonds. The average Bonchev–Trinajstić information content (AvgIpc) is 3.57. The van der Waals surface area contributed by atoms with E-state index < -0.39 is 84.6 Å². The number of hydrogen-bond acceptors (Lipinski definition) is 18. The Morgan fingerprint density at radius 2 is 1.73 bits per heavy atom. The maximum atomic E-state index is 12.6. The number of hydrogen-bond donors (Lipinski definition) is 9. The van der Waals surface area contributed by atoms with Crippen LogP contribution in [0.3, 0.4) is 0 Å². The van der Waals surface area contributed by atoms with E-state index in [1.54, 1.807) is 0 Å². The van der Waals surface area contributed by atoms with Crippen molar-refractivity contribution in [3.05, 3.63) is 12.7 Å². The van der Waals surface area contributed by atoms with Gasteiger partial charge in [0.2, 0.25) is 11.8 Å². The Hall–Kier alpha value is -1.44. The van der Waals surface area contributed by atoms with E-state index in [4.69, 9.17) is 19.5 Å². The summed E-state index contributed by atoms with van der Waals surface area (Å²) in [5.74, 6) is -1.08. The molecule has 0 spiro atoms. The number of anilines is 1. The Bertz CT molecular complexity index is 1720. The summed E-state index contributed by atoms with van der Waals surface area (Å²) in [5, 5.41) is 26.1. The molecule has 0 aliphatic carbocycles. The van der Waals surface area contributed by atoms with E-state index >= 15 is 0 Å². The van der Waals surface area contributed by atoms with Crippen LogP contribution in [0.1, 0.15) is 33.4 Å². The van der Waals surface area contributed by atoms with Crippen molar-refractivity contribution in [1.29, 1.82) is 0 Å². The number of ether oxygens (including phenoxy) is 1. The van der Waals surface area contributed by atoms with Crippen molar-refractivity contribution in [1.82, 2.24) is 30.2 Å². The van der Waals surface area contributed by atoms with Gasteiger partial charge in [-0.15, -0.1) is 0 Å². The van der Waals surface area contributed by atoms with Crippen LogP contribution in [0.15, 0.2) is 12.7 Å². The largest absolute Gasteiger partial charge is 0.481 e. The van der Waals surface area contributed by atoms with Crippen LogP contribution < -0.4 is 16.4 Å². The van der Waals surface area contributed by atoms with E-state index in [0.29, 0.717) is 5.75 Å². The molecule has 1 aliphatic heterocycles. The number of fused-ring (bicyclic) bond motifs is 1. The van der Waals surface area contributed by atoms with Gasteiger partial charge in [0.1, 0.15) is 36.3 Å². The van der Waals surface area contributed by atoms with Crippen LogP contribution in [0.5, 0.6) is 0 Å². The van der Waals surface area contributed by atoms with Gasteiger partial charge in [0.15, 0.2) is 22.8 Å². The molecule has 52 heavy (non-hydrogen) atoms. The fraction of sp³-hybridized carbons (Fsp3) is 0.652. The van der Waals surface area contributed by atoms with Gasteiger partial charge in [0, 0.05) is 67.2 Å². The van der Waals surface area contributed by atoms with E-state index in [1.165, 1.54) is 20.8 Å². The van der Waals surface area contributed by atoms with Crippen LogP contribution in [0.4, 0.5) is 5.82 Å². The van der Waals surface area contributed by atoms with Crippen molar-refractivity contribution in [2.75, 3.05) is 37.8 Å². The molecule has 7 atom stereocenters. The summed E-state index contributed by atoms with van der Waals surface area (Å²) in [5.41, 5.74) is 4.26. The van der Waals surface area contributed by atoms with Crippen LogP contribution in [0, 0.1) is 5.41 Å². The number of nitrogens with zero attached hydrogens (tertiary/aromatic N) is 4. The molecule has 0 aromatic carbocycles. The van der Waals surface area contributed by atoms with Crippen molar-refractivity contribution < 1.29 is 80.5 Å². The Balaban J connectivity index is 0.00000936. The van der Waals surface area contributed by atoms with Crippen LogP contribution in [0.25, 0.3) is 11.2 Å². The second-order valence-corrected chi connectivity index (χ2v) is 16.9. The molecule has 7 unspecified atom stereocenters. The molecule has 289 valence electrons. The number of phosphoric ester groups is 3. The van der Waals surface area contributed by atoms with Crippen LogP contribution in [-0.4, -0.2) is 152 Å². The van der Waals surface area contributed by atoms with Crippen LogP contribution >= 0.6 is 35.2 Å². The van der Waals surface area contributed by atoms with E-state index in [-0.39, 0.29) is 71.2 Å². The number of amides is 2. The number of nitrogens with one attached hydrogen (secondary N) is 2. The number of aliphatic hydroxyl groups is 2. The molecule has 1 saturated heterocycles. The maximum absolute atomic E-state index is 12.6. The predicted octanol–water partition coefficient (Wildman–Crippen LogP) is -1.70. The number of phosphoric acid groups is 3. The summed E-state index contributed by atoms with van der Waals surface area (Å²) in [6.45, 7) is 1.90.